The van der Waals surface area contributed by atoms with Gasteiger partial charge in [0, 0.05) is 30.7 Å². The lowest BCUT2D eigenvalue weighted by Gasteiger charge is -2.35. The lowest BCUT2D eigenvalue weighted by molar-refractivity contribution is 0.173. The van der Waals surface area contributed by atoms with Crippen LogP contribution in [0.15, 0.2) is 18.2 Å². The summed E-state index contributed by atoms with van der Waals surface area (Å²) in [5, 5.41) is 4.04. The summed E-state index contributed by atoms with van der Waals surface area (Å²) in [7, 11) is 3.78. The lowest BCUT2D eigenvalue weighted by atomic mass is 10.1. The van der Waals surface area contributed by atoms with Crippen LogP contribution in [0.2, 0.25) is 5.02 Å². The third-order valence-corrected chi connectivity index (χ3v) is 3.42. The molecule has 2 rings (SSSR count). The molecule has 3 nitrogen and oxygen atoms in total. The van der Waals surface area contributed by atoms with Crippen LogP contribution >= 0.6 is 11.6 Å². The fourth-order valence-electron chi connectivity index (χ4n) is 1.77. The van der Waals surface area contributed by atoms with E-state index < -0.39 is 0 Å². The quantitative estimate of drug-likeness (QED) is 0.868. The number of ether oxygens (including phenoxy) is 1. The van der Waals surface area contributed by atoms with Crippen molar-refractivity contribution in [3.63, 3.8) is 0 Å². The standard InChI is InChI=1S/C12H17ClN2O/c1-15(10-6-14-7-10)8-9-3-4-11(16-2)5-12(9)13/h3-5,10,14H,6-8H2,1-2H3. The average molecular weight is 241 g/mol. The van der Waals surface area contributed by atoms with Gasteiger partial charge in [-0.3, -0.25) is 4.90 Å². The zero-order valence-electron chi connectivity index (χ0n) is 9.66. The van der Waals surface area contributed by atoms with E-state index in [0.29, 0.717) is 6.04 Å². The van der Waals surface area contributed by atoms with Gasteiger partial charge in [0.1, 0.15) is 5.75 Å². The maximum absolute atomic E-state index is 6.20. The zero-order chi connectivity index (χ0) is 11.5. The summed E-state index contributed by atoms with van der Waals surface area (Å²) in [6.45, 7) is 3.03. The SMILES string of the molecule is COc1ccc(CN(C)C2CNC2)c(Cl)c1. The van der Waals surface area contributed by atoms with Gasteiger partial charge >= 0.3 is 0 Å². The fraction of sp³-hybridized carbons (Fsp3) is 0.500. The molecule has 0 unspecified atom stereocenters. The molecule has 16 heavy (non-hydrogen) atoms. The predicted octanol–water partition coefficient (Wildman–Crippen LogP) is 1.75. The van der Waals surface area contributed by atoms with Crippen molar-refractivity contribution in [2.24, 2.45) is 0 Å². The molecule has 1 saturated heterocycles. The number of rotatable bonds is 4. The molecule has 0 saturated carbocycles. The zero-order valence-corrected chi connectivity index (χ0v) is 10.4. The van der Waals surface area contributed by atoms with E-state index in [1.54, 1.807) is 7.11 Å². The number of benzene rings is 1. The molecule has 1 aliphatic rings. The first kappa shape index (κ1) is 11.7. The van der Waals surface area contributed by atoms with E-state index in [2.05, 4.69) is 17.3 Å². The molecule has 0 radical (unpaired) electrons. The highest BCUT2D eigenvalue weighted by Crippen LogP contribution is 2.23. The molecular formula is C12H17ClN2O. The second-order valence-electron chi connectivity index (χ2n) is 4.18. The Hall–Kier alpha value is -0.770. The van der Waals surface area contributed by atoms with E-state index in [1.165, 1.54) is 0 Å². The van der Waals surface area contributed by atoms with Crippen molar-refractivity contribution >= 4 is 11.6 Å². The molecule has 0 spiro atoms. The van der Waals surface area contributed by atoms with Crippen molar-refractivity contribution in [3.8, 4) is 5.75 Å². The van der Waals surface area contributed by atoms with Gasteiger partial charge in [-0.05, 0) is 24.7 Å². The van der Waals surface area contributed by atoms with Crippen molar-refractivity contribution in [2.45, 2.75) is 12.6 Å². The molecule has 4 heteroatoms. The minimum Gasteiger partial charge on any atom is -0.497 e. The van der Waals surface area contributed by atoms with E-state index in [-0.39, 0.29) is 0 Å². The Labute approximate surface area is 101 Å². The van der Waals surface area contributed by atoms with Crippen molar-refractivity contribution in [2.75, 3.05) is 27.2 Å². The Bertz CT molecular complexity index is 366. The fourth-order valence-corrected chi connectivity index (χ4v) is 2.00. The molecule has 0 atom stereocenters. The molecule has 1 aromatic rings. The first-order valence-corrected chi connectivity index (χ1v) is 5.82. The number of hydrogen-bond acceptors (Lipinski definition) is 3. The molecule has 1 N–H and O–H groups in total. The number of nitrogens with one attached hydrogen (secondary N) is 1. The smallest absolute Gasteiger partial charge is 0.120 e. The third kappa shape index (κ3) is 2.48. The minimum absolute atomic E-state index is 0.637. The van der Waals surface area contributed by atoms with Crippen molar-refractivity contribution in [3.05, 3.63) is 28.8 Å². The summed E-state index contributed by atoms with van der Waals surface area (Å²) < 4.78 is 5.13. The topological polar surface area (TPSA) is 24.5 Å². The van der Waals surface area contributed by atoms with E-state index in [4.69, 9.17) is 16.3 Å². The van der Waals surface area contributed by atoms with Gasteiger partial charge < -0.3 is 10.1 Å². The Morgan fingerprint density at radius 2 is 2.25 bits per heavy atom. The molecule has 1 fully saturated rings. The highest BCUT2D eigenvalue weighted by molar-refractivity contribution is 6.31. The van der Waals surface area contributed by atoms with Crippen LogP contribution in [0.1, 0.15) is 5.56 Å². The molecule has 0 aromatic heterocycles. The van der Waals surface area contributed by atoms with Crippen LogP contribution in [0, 0.1) is 0 Å². The minimum atomic E-state index is 0.637. The Morgan fingerprint density at radius 3 is 2.75 bits per heavy atom. The van der Waals surface area contributed by atoms with Crippen LogP contribution in [0.3, 0.4) is 0 Å². The van der Waals surface area contributed by atoms with E-state index >= 15 is 0 Å². The molecular weight excluding hydrogens is 224 g/mol. The summed E-state index contributed by atoms with van der Waals surface area (Å²) in [6, 6.07) is 6.49. The van der Waals surface area contributed by atoms with Gasteiger partial charge in [-0.25, -0.2) is 0 Å². The van der Waals surface area contributed by atoms with Gasteiger partial charge in [-0.15, -0.1) is 0 Å². The molecule has 1 aromatic carbocycles. The van der Waals surface area contributed by atoms with Gasteiger partial charge in [0.05, 0.1) is 7.11 Å². The van der Waals surface area contributed by atoms with Crippen LogP contribution in [0.5, 0.6) is 5.75 Å². The number of likely N-dealkylation sites (N-methyl/N-ethyl adjacent to an activating group) is 1. The lowest BCUT2D eigenvalue weighted by Crippen LogP contribution is -2.55. The van der Waals surface area contributed by atoms with E-state index in [1.807, 2.05) is 18.2 Å². The van der Waals surface area contributed by atoms with Crippen molar-refractivity contribution < 1.29 is 4.74 Å². The van der Waals surface area contributed by atoms with Crippen LogP contribution < -0.4 is 10.1 Å². The number of hydrogen-bond donors (Lipinski definition) is 1. The Balaban J connectivity index is 2.03. The number of methoxy groups -OCH3 is 1. The average Bonchev–Trinajstić information content (AvgIpc) is 2.18. The summed E-state index contributed by atoms with van der Waals surface area (Å²) >= 11 is 6.20. The van der Waals surface area contributed by atoms with Gasteiger partial charge in [-0.1, -0.05) is 17.7 Å². The highest BCUT2D eigenvalue weighted by Gasteiger charge is 2.21. The highest BCUT2D eigenvalue weighted by atomic mass is 35.5. The number of nitrogens with zero attached hydrogens (tertiary/aromatic N) is 1. The molecule has 1 aliphatic heterocycles. The second kappa shape index (κ2) is 5.04. The second-order valence-corrected chi connectivity index (χ2v) is 4.59. The van der Waals surface area contributed by atoms with Gasteiger partial charge in [0.2, 0.25) is 0 Å². The van der Waals surface area contributed by atoms with Gasteiger partial charge in [0.15, 0.2) is 0 Å². The van der Waals surface area contributed by atoms with Crippen LogP contribution in [-0.4, -0.2) is 38.2 Å². The van der Waals surface area contributed by atoms with Crippen molar-refractivity contribution in [1.82, 2.24) is 10.2 Å². The summed E-state index contributed by atoms with van der Waals surface area (Å²) in [5.41, 5.74) is 1.15. The van der Waals surface area contributed by atoms with Crippen molar-refractivity contribution in [1.29, 1.82) is 0 Å². The largest absolute Gasteiger partial charge is 0.497 e. The molecule has 0 amide bonds. The number of halogens is 1. The summed E-state index contributed by atoms with van der Waals surface area (Å²) in [4.78, 5) is 2.32. The molecule has 1 heterocycles. The monoisotopic (exact) mass is 240 g/mol. The van der Waals surface area contributed by atoms with Crippen LogP contribution in [0.4, 0.5) is 0 Å². The first-order chi connectivity index (χ1) is 7.70. The predicted molar refractivity (Wildman–Crippen MR) is 66.1 cm³/mol. The maximum atomic E-state index is 6.20. The van der Waals surface area contributed by atoms with Gasteiger partial charge in [-0.2, -0.15) is 0 Å². The van der Waals surface area contributed by atoms with Crippen LogP contribution in [0.25, 0.3) is 0 Å². The van der Waals surface area contributed by atoms with E-state index in [0.717, 1.165) is 36.0 Å². The van der Waals surface area contributed by atoms with E-state index in [9.17, 15) is 0 Å². The first-order valence-electron chi connectivity index (χ1n) is 5.44. The summed E-state index contributed by atoms with van der Waals surface area (Å²) in [5.74, 6) is 0.807. The molecule has 0 aliphatic carbocycles. The Kier molecular flexibility index (Phi) is 3.69. The molecule has 88 valence electrons. The normalized spacial score (nSPS) is 16.2. The maximum Gasteiger partial charge on any atom is 0.120 e. The van der Waals surface area contributed by atoms with Gasteiger partial charge in [0.25, 0.3) is 0 Å². The molecule has 0 bridgehead atoms. The van der Waals surface area contributed by atoms with Crippen LogP contribution in [-0.2, 0) is 6.54 Å². The summed E-state index contributed by atoms with van der Waals surface area (Å²) in [6.07, 6.45) is 0. The Morgan fingerprint density at radius 1 is 1.50 bits per heavy atom. The third-order valence-electron chi connectivity index (χ3n) is 3.06.